The third kappa shape index (κ3) is 3.07. The van der Waals surface area contributed by atoms with Crippen LogP contribution in [0.15, 0.2) is 40.1 Å². The van der Waals surface area contributed by atoms with Gasteiger partial charge in [0.25, 0.3) is 11.8 Å². The van der Waals surface area contributed by atoms with Gasteiger partial charge < -0.3 is 4.42 Å². The molecule has 0 aliphatic heterocycles. The second kappa shape index (κ2) is 5.85. The molecule has 1 aromatic carbocycles. The standard InChI is InChI=1S/C13H7Cl2N3O2S/c14-7-3-4-9(15)8(6-7)12-17-18-13(20-12)16-11(19)10-2-1-5-21-10/h1-6H,(H,16,18,19). The average Bonchev–Trinajstić information content (AvgIpc) is 3.12. The second-order valence-electron chi connectivity index (χ2n) is 3.97. The molecule has 0 atom stereocenters. The van der Waals surface area contributed by atoms with Crippen LogP contribution in [-0.2, 0) is 0 Å². The molecule has 1 amide bonds. The van der Waals surface area contributed by atoms with Crippen molar-refractivity contribution in [3.8, 4) is 11.5 Å². The van der Waals surface area contributed by atoms with Gasteiger partial charge in [-0.25, -0.2) is 0 Å². The molecular formula is C13H7Cl2N3O2S. The number of carbonyl (C=O) groups excluding carboxylic acids is 1. The molecule has 0 unspecified atom stereocenters. The molecule has 106 valence electrons. The predicted molar refractivity (Wildman–Crippen MR) is 82.0 cm³/mol. The lowest BCUT2D eigenvalue weighted by Crippen LogP contribution is -2.10. The zero-order valence-electron chi connectivity index (χ0n) is 10.3. The van der Waals surface area contributed by atoms with Gasteiger partial charge in [-0.05, 0) is 29.6 Å². The van der Waals surface area contributed by atoms with E-state index in [1.165, 1.54) is 11.3 Å². The molecule has 5 nitrogen and oxygen atoms in total. The monoisotopic (exact) mass is 339 g/mol. The summed E-state index contributed by atoms with van der Waals surface area (Å²) in [7, 11) is 0. The maximum Gasteiger partial charge on any atom is 0.322 e. The van der Waals surface area contributed by atoms with Crippen molar-refractivity contribution in [2.45, 2.75) is 0 Å². The summed E-state index contributed by atoms with van der Waals surface area (Å²) in [6.45, 7) is 0. The molecule has 21 heavy (non-hydrogen) atoms. The number of halogens is 2. The molecule has 0 spiro atoms. The Labute approximate surface area is 133 Å². The number of thiophene rings is 1. The maximum absolute atomic E-state index is 11.9. The average molecular weight is 340 g/mol. The summed E-state index contributed by atoms with van der Waals surface area (Å²) in [6, 6.07) is 8.38. The smallest absolute Gasteiger partial charge is 0.322 e. The number of nitrogens with zero attached hydrogens (tertiary/aromatic N) is 2. The lowest BCUT2D eigenvalue weighted by Gasteiger charge is -1.99. The highest BCUT2D eigenvalue weighted by Crippen LogP contribution is 2.30. The fraction of sp³-hybridized carbons (Fsp3) is 0. The molecule has 0 bridgehead atoms. The van der Waals surface area contributed by atoms with Gasteiger partial charge in [0.15, 0.2) is 0 Å². The number of carbonyl (C=O) groups is 1. The van der Waals surface area contributed by atoms with Crippen LogP contribution in [0.25, 0.3) is 11.5 Å². The summed E-state index contributed by atoms with van der Waals surface area (Å²) in [6.07, 6.45) is 0. The number of rotatable bonds is 3. The Balaban J connectivity index is 1.83. The van der Waals surface area contributed by atoms with Gasteiger partial charge in [0, 0.05) is 5.02 Å². The highest BCUT2D eigenvalue weighted by atomic mass is 35.5. The van der Waals surface area contributed by atoms with Crippen molar-refractivity contribution in [2.75, 3.05) is 5.32 Å². The van der Waals surface area contributed by atoms with E-state index in [2.05, 4.69) is 15.5 Å². The first-order chi connectivity index (χ1) is 10.1. The van der Waals surface area contributed by atoms with E-state index in [0.29, 0.717) is 20.5 Å². The Kier molecular flexibility index (Phi) is 3.92. The Morgan fingerprint density at radius 3 is 2.86 bits per heavy atom. The van der Waals surface area contributed by atoms with Crippen LogP contribution in [0.3, 0.4) is 0 Å². The Hall–Kier alpha value is -1.89. The quantitative estimate of drug-likeness (QED) is 0.769. The summed E-state index contributed by atoms with van der Waals surface area (Å²) in [5.74, 6) is -0.124. The minimum atomic E-state index is -0.308. The van der Waals surface area contributed by atoms with E-state index in [1.54, 1.807) is 35.7 Å². The third-order valence-electron chi connectivity index (χ3n) is 2.55. The number of aromatic nitrogens is 2. The summed E-state index contributed by atoms with van der Waals surface area (Å²) in [4.78, 5) is 12.4. The third-order valence-corrected chi connectivity index (χ3v) is 3.98. The first kappa shape index (κ1) is 14.1. The number of anilines is 1. The molecule has 8 heteroatoms. The molecule has 2 heterocycles. The molecular weight excluding hydrogens is 333 g/mol. The Morgan fingerprint density at radius 2 is 2.10 bits per heavy atom. The van der Waals surface area contributed by atoms with E-state index in [4.69, 9.17) is 27.6 Å². The van der Waals surface area contributed by atoms with E-state index in [9.17, 15) is 4.79 Å². The predicted octanol–water partition coefficient (Wildman–Crippen LogP) is 4.36. The summed E-state index contributed by atoms with van der Waals surface area (Å²) in [5.41, 5.74) is 0.508. The van der Waals surface area contributed by atoms with E-state index in [-0.39, 0.29) is 17.8 Å². The minimum Gasteiger partial charge on any atom is -0.403 e. The van der Waals surface area contributed by atoms with Gasteiger partial charge in [0.1, 0.15) is 0 Å². The topological polar surface area (TPSA) is 68.0 Å². The van der Waals surface area contributed by atoms with Crippen LogP contribution in [0.5, 0.6) is 0 Å². The molecule has 0 fully saturated rings. The van der Waals surface area contributed by atoms with Crippen molar-refractivity contribution in [3.05, 3.63) is 50.6 Å². The first-order valence-corrected chi connectivity index (χ1v) is 7.41. The summed E-state index contributed by atoms with van der Waals surface area (Å²) in [5, 5.41) is 12.9. The fourth-order valence-electron chi connectivity index (χ4n) is 1.61. The zero-order chi connectivity index (χ0) is 14.8. The van der Waals surface area contributed by atoms with Gasteiger partial charge in [-0.15, -0.1) is 16.4 Å². The van der Waals surface area contributed by atoms with E-state index in [0.717, 1.165) is 0 Å². The van der Waals surface area contributed by atoms with Crippen LogP contribution in [0, 0.1) is 0 Å². The van der Waals surface area contributed by atoms with E-state index in [1.807, 2.05) is 0 Å². The van der Waals surface area contributed by atoms with Crippen molar-refractivity contribution in [1.29, 1.82) is 0 Å². The lowest BCUT2D eigenvalue weighted by molar-refractivity contribution is 0.102. The number of hydrogen-bond acceptors (Lipinski definition) is 5. The Morgan fingerprint density at radius 1 is 1.24 bits per heavy atom. The number of benzene rings is 1. The molecule has 0 aliphatic carbocycles. The van der Waals surface area contributed by atoms with Gasteiger partial charge in [0.2, 0.25) is 0 Å². The minimum absolute atomic E-state index is 0.000517. The van der Waals surface area contributed by atoms with Gasteiger partial charge >= 0.3 is 6.01 Å². The fourth-order valence-corrected chi connectivity index (χ4v) is 2.60. The summed E-state index contributed by atoms with van der Waals surface area (Å²) < 4.78 is 5.38. The SMILES string of the molecule is O=C(Nc1nnc(-c2cc(Cl)ccc2Cl)o1)c1cccs1. The number of nitrogens with one attached hydrogen (secondary N) is 1. The highest BCUT2D eigenvalue weighted by molar-refractivity contribution is 7.12. The molecule has 0 aliphatic rings. The molecule has 1 N–H and O–H groups in total. The molecule has 3 aromatic rings. The van der Waals surface area contributed by atoms with Crippen LogP contribution >= 0.6 is 34.5 Å². The van der Waals surface area contributed by atoms with Gasteiger partial charge in [-0.2, -0.15) is 0 Å². The van der Waals surface area contributed by atoms with Crippen LogP contribution in [0.4, 0.5) is 6.01 Å². The van der Waals surface area contributed by atoms with Gasteiger partial charge in [0.05, 0.1) is 15.5 Å². The van der Waals surface area contributed by atoms with Crippen molar-refractivity contribution in [2.24, 2.45) is 0 Å². The maximum atomic E-state index is 11.9. The normalized spacial score (nSPS) is 10.6. The van der Waals surface area contributed by atoms with Crippen LogP contribution < -0.4 is 5.32 Å². The van der Waals surface area contributed by atoms with Crippen LogP contribution in [-0.4, -0.2) is 16.1 Å². The molecule has 0 saturated carbocycles. The molecule has 0 radical (unpaired) electrons. The van der Waals surface area contributed by atoms with Crippen molar-refractivity contribution in [1.82, 2.24) is 10.2 Å². The first-order valence-electron chi connectivity index (χ1n) is 5.77. The van der Waals surface area contributed by atoms with E-state index >= 15 is 0 Å². The number of amides is 1. The van der Waals surface area contributed by atoms with E-state index < -0.39 is 0 Å². The summed E-state index contributed by atoms with van der Waals surface area (Å²) >= 11 is 13.3. The van der Waals surface area contributed by atoms with Crippen LogP contribution in [0.2, 0.25) is 10.0 Å². The highest BCUT2D eigenvalue weighted by Gasteiger charge is 2.15. The van der Waals surface area contributed by atoms with Crippen molar-refractivity contribution in [3.63, 3.8) is 0 Å². The number of hydrogen-bond donors (Lipinski definition) is 1. The Bertz CT molecular complexity index is 787. The van der Waals surface area contributed by atoms with Gasteiger partial charge in [-0.3, -0.25) is 10.1 Å². The lowest BCUT2D eigenvalue weighted by atomic mass is 10.2. The van der Waals surface area contributed by atoms with Crippen molar-refractivity contribution < 1.29 is 9.21 Å². The molecule has 0 saturated heterocycles. The largest absolute Gasteiger partial charge is 0.403 e. The zero-order valence-corrected chi connectivity index (χ0v) is 12.7. The second-order valence-corrected chi connectivity index (χ2v) is 5.76. The van der Waals surface area contributed by atoms with Crippen molar-refractivity contribution >= 4 is 46.5 Å². The molecule has 3 rings (SSSR count). The van der Waals surface area contributed by atoms with Crippen LogP contribution in [0.1, 0.15) is 9.67 Å². The van der Waals surface area contributed by atoms with Gasteiger partial charge in [-0.1, -0.05) is 34.4 Å². The molecule has 2 aromatic heterocycles.